The summed E-state index contributed by atoms with van der Waals surface area (Å²) in [7, 11) is 0. The van der Waals surface area contributed by atoms with Crippen molar-refractivity contribution in [2.45, 2.75) is 25.7 Å². The zero-order valence-electron chi connectivity index (χ0n) is 9.04. The van der Waals surface area contributed by atoms with Gasteiger partial charge in [-0.3, -0.25) is 0 Å². The third kappa shape index (κ3) is 13.3. The van der Waals surface area contributed by atoms with Gasteiger partial charge >= 0.3 is 6.09 Å². The largest absolute Gasteiger partial charge is 0.445 e. The summed E-state index contributed by atoms with van der Waals surface area (Å²) in [6.07, 6.45) is 5.42. The van der Waals surface area contributed by atoms with Crippen molar-refractivity contribution in [1.82, 2.24) is 5.32 Å². The van der Waals surface area contributed by atoms with Crippen LogP contribution in [0.25, 0.3) is 0 Å². The molecule has 1 amide bonds. The number of nitrogens with one attached hydrogen (secondary N) is 1. The van der Waals surface area contributed by atoms with E-state index < -0.39 is 0 Å². The summed E-state index contributed by atoms with van der Waals surface area (Å²) < 4.78 is 4.73. The molecule has 0 aliphatic carbocycles. The number of hydrogen-bond donors (Lipinski definition) is 2. The molecule has 0 aliphatic heterocycles. The minimum Gasteiger partial charge on any atom is -0.445 e. The first-order chi connectivity index (χ1) is 6.81. The van der Waals surface area contributed by atoms with Crippen LogP contribution < -0.4 is 11.1 Å². The van der Waals surface area contributed by atoms with Gasteiger partial charge < -0.3 is 15.8 Å². The molecule has 0 aromatic heterocycles. The Morgan fingerprint density at radius 1 is 1.33 bits per heavy atom. The first-order valence-electron chi connectivity index (χ1n) is 5.03. The molecule has 0 aliphatic rings. The summed E-state index contributed by atoms with van der Waals surface area (Å²) in [5, 5.41) is 2.65. The van der Waals surface area contributed by atoms with E-state index in [0.29, 0.717) is 6.54 Å². The van der Waals surface area contributed by atoms with Gasteiger partial charge in [-0.1, -0.05) is 25.5 Å². The van der Waals surface area contributed by atoms with Gasteiger partial charge in [0.05, 0.1) is 0 Å². The Morgan fingerprint density at radius 2 is 2.00 bits per heavy atom. The summed E-state index contributed by atoms with van der Waals surface area (Å²) in [6.45, 7) is 5.12. The number of carbonyl (C=O) groups is 1. The SMILES string of the molecule is C=CCOC(=O)NCCCCCCN.Cl. The van der Waals surface area contributed by atoms with Crippen LogP contribution in [0, 0.1) is 0 Å². The van der Waals surface area contributed by atoms with E-state index >= 15 is 0 Å². The first kappa shape index (κ1) is 16.7. The van der Waals surface area contributed by atoms with Crippen LogP contribution in [-0.4, -0.2) is 25.8 Å². The molecule has 0 aromatic carbocycles. The Hall–Kier alpha value is -0.740. The predicted molar refractivity (Wildman–Crippen MR) is 64.3 cm³/mol. The van der Waals surface area contributed by atoms with Crippen molar-refractivity contribution in [1.29, 1.82) is 0 Å². The molecule has 0 saturated heterocycles. The molecule has 0 atom stereocenters. The van der Waals surface area contributed by atoms with Crippen LogP contribution in [0.1, 0.15) is 25.7 Å². The fourth-order valence-corrected chi connectivity index (χ4v) is 0.999. The molecule has 0 rings (SSSR count). The lowest BCUT2D eigenvalue weighted by Crippen LogP contribution is -2.25. The van der Waals surface area contributed by atoms with Crippen molar-refractivity contribution in [3.8, 4) is 0 Å². The van der Waals surface area contributed by atoms with E-state index in [0.717, 1.165) is 32.2 Å². The summed E-state index contributed by atoms with van der Waals surface area (Å²) in [6, 6.07) is 0. The lowest BCUT2D eigenvalue weighted by atomic mass is 10.2. The number of halogens is 1. The Bertz CT molecular complexity index is 166. The molecule has 90 valence electrons. The number of hydrogen-bond acceptors (Lipinski definition) is 3. The minimum absolute atomic E-state index is 0. The second kappa shape index (κ2) is 13.3. The normalized spacial score (nSPS) is 8.87. The van der Waals surface area contributed by atoms with Gasteiger partial charge in [0.1, 0.15) is 6.61 Å². The number of unbranched alkanes of at least 4 members (excludes halogenated alkanes) is 3. The molecule has 0 bridgehead atoms. The van der Waals surface area contributed by atoms with E-state index in [1.165, 1.54) is 0 Å². The maximum absolute atomic E-state index is 10.9. The number of nitrogens with two attached hydrogens (primary N) is 1. The third-order valence-electron chi connectivity index (χ3n) is 1.73. The minimum atomic E-state index is -0.372. The van der Waals surface area contributed by atoms with Crippen molar-refractivity contribution >= 4 is 18.5 Å². The van der Waals surface area contributed by atoms with Crippen molar-refractivity contribution in [2.24, 2.45) is 5.73 Å². The number of amides is 1. The molecule has 0 radical (unpaired) electrons. The zero-order valence-corrected chi connectivity index (χ0v) is 9.85. The van der Waals surface area contributed by atoms with E-state index in [2.05, 4.69) is 11.9 Å². The molecule has 4 nitrogen and oxygen atoms in total. The third-order valence-corrected chi connectivity index (χ3v) is 1.73. The van der Waals surface area contributed by atoms with Crippen molar-refractivity contribution < 1.29 is 9.53 Å². The highest BCUT2D eigenvalue weighted by Crippen LogP contribution is 1.96. The first-order valence-corrected chi connectivity index (χ1v) is 5.03. The molecule has 0 unspecified atom stereocenters. The molecule has 0 spiro atoms. The van der Waals surface area contributed by atoms with E-state index in [9.17, 15) is 4.79 Å². The fourth-order valence-electron chi connectivity index (χ4n) is 0.999. The van der Waals surface area contributed by atoms with Crippen LogP contribution in [0.15, 0.2) is 12.7 Å². The smallest absolute Gasteiger partial charge is 0.407 e. The maximum Gasteiger partial charge on any atom is 0.407 e. The predicted octanol–water partition coefficient (Wildman–Crippen LogP) is 1.84. The highest BCUT2D eigenvalue weighted by atomic mass is 35.5. The van der Waals surface area contributed by atoms with Crippen molar-refractivity contribution in [3.63, 3.8) is 0 Å². The standard InChI is InChI=1S/C10H20N2O2.ClH/c1-2-9-14-10(13)12-8-6-4-3-5-7-11;/h2H,1,3-9,11H2,(H,12,13);1H. The average Bonchev–Trinajstić information content (AvgIpc) is 2.20. The summed E-state index contributed by atoms with van der Waals surface area (Å²) >= 11 is 0. The lowest BCUT2D eigenvalue weighted by Gasteiger charge is -2.04. The fraction of sp³-hybridized carbons (Fsp3) is 0.700. The van der Waals surface area contributed by atoms with Crippen LogP contribution in [0.5, 0.6) is 0 Å². The van der Waals surface area contributed by atoms with Gasteiger partial charge in [-0.05, 0) is 19.4 Å². The van der Waals surface area contributed by atoms with Crippen LogP contribution in [-0.2, 0) is 4.74 Å². The zero-order chi connectivity index (χ0) is 10.6. The summed E-state index contributed by atoms with van der Waals surface area (Å²) in [5.74, 6) is 0. The van der Waals surface area contributed by atoms with Crippen LogP contribution in [0.2, 0.25) is 0 Å². The number of carbonyl (C=O) groups excluding carboxylic acids is 1. The molecular formula is C10H21ClN2O2. The van der Waals surface area contributed by atoms with Gasteiger partial charge in [0.2, 0.25) is 0 Å². The number of ether oxygens (including phenoxy) is 1. The number of alkyl carbamates (subject to hydrolysis) is 1. The second-order valence-corrected chi connectivity index (χ2v) is 3.02. The molecule has 0 fully saturated rings. The highest BCUT2D eigenvalue weighted by Gasteiger charge is 1.97. The van der Waals surface area contributed by atoms with Crippen LogP contribution in [0.4, 0.5) is 4.79 Å². The highest BCUT2D eigenvalue weighted by molar-refractivity contribution is 5.85. The second-order valence-electron chi connectivity index (χ2n) is 3.02. The van der Waals surface area contributed by atoms with Gasteiger partial charge in [0.25, 0.3) is 0 Å². The van der Waals surface area contributed by atoms with Crippen molar-refractivity contribution in [2.75, 3.05) is 19.7 Å². The van der Waals surface area contributed by atoms with Gasteiger partial charge in [0.15, 0.2) is 0 Å². The Morgan fingerprint density at radius 3 is 2.60 bits per heavy atom. The van der Waals surface area contributed by atoms with E-state index in [4.69, 9.17) is 10.5 Å². The summed E-state index contributed by atoms with van der Waals surface area (Å²) in [4.78, 5) is 10.9. The van der Waals surface area contributed by atoms with E-state index in [1.807, 2.05) is 0 Å². The van der Waals surface area contributed by atoms with E-state index in [-0.39, 0.29) is 25.1 Å². The molecule has 3 N–H and O–H groups in total. The molecule has 0 heterocycles. The van der Waals surface area contributed by atoms with Gasteiger partial charge in [-0.15, -0.1) is 12.4 Å². The van der Waals surface area contributed by atoms with Crippen LogP contribution in [0.3, 0.4) is 0 Å². The van der Waals surface area contributed by atoms with Gasteiger partial charge in [-0.25, -0.2) is 4.79 Å². The topological polar surface area (TPSA) is 64.3 Å². The molecule has 0 aromatic rings. The molecule has 0 saturated carbocycles. The van der Waals surface area contributed by atoms with E-state index in [1.54, 1.807) is 6.08 Å². The van der Waals surface area contributed by atoms with Crippen molar-refractivity contribution in [3.05, 3.63) is 12.7 Å². The molecule has 5 heteroatoms. The maximum atomic E-state index is 10.9. The summed E-state index contributed by atoms with van der Waals surface area (Å²) in [5.41, 5.74) is 5.35. The Balaban J connectivity index is 0. The van der Waals surface area contributed by atoms with Crippen LogP contribution >= 0.6 is 12.4 Å². The lowest BCUT2D eigenvalue weighted by molar-refractivity contribution is 0.158. The van der Waals surface area contributed by atoms with Gasteiger partial charge in [0, 0.05) is 6.54 Å². The Kier molecular flexibility index (Phi) is 14.7. The number of rotatable bonds is 8. The van der Waals surface area contributed by atoms with Gasteiger partial charge in [-0.2, -0.15) is 0 Å². The molecule has 15 heavy (non-hydrogen) atoms. The average molecular weight is 237 g/mol. The quantitative estimate of drug-likeness (QED) is 0.499. The monoisotopic (exact) mass is 236 g/mol. The molecular weight excluding hydrogens is 216 g/mol. The Labute approximate surface area is 97.7 Å².